The summed E-state index contributed by atoms with van der Waals surface area (Å²) >= 11 is 0. The van der Waals surface area contributed by atoms with Gasteiger partial charge in [-0.25, -0.2) is 4.79 Å². The summed E-state index contributed by atoms with van der Waals surface area (Å²) in [6.45, 7) is 1.49. The summed E-state index contributed by atoms with van der Waals surface area (Å²) < 4.78 is 11.3. The van der Waals surface area contributed by atoms with Crippen LogP contribution in [0.15, 0.2) is 78.9 Å². The Labute approximate surface area is 157 Å². The highest BCUT2D eigenvalue weighted by Gasteiger charge is 2.11. The van der Waals surface area contributed by atoms with Gasteiger partial charge in [0.25, 0.3) is 0 Å². The fourth-order valence-electron chi connectivity index (χ4n) is 2.49. The topological polar surface area (TPSA) is 64.6 Å². The number of esters is 1. The van der Waals surface area contributed by atoms with E-state index in [4.69, 9.17) is 9.47 Å². The Hall–Kier alpha value is -3.60. The van der Waals surface area contributed by atoms with E-state index < -0.39 is 5.97 Å². The smallest absolute Gasteiger partial charge is 0.338 e. The van der Waals surface area contributed by atoms with Crippen molar-refractivity contribution >= 4 is 17.6 Å². The van der Waals surface area contributed by atoms with Crippen LogP contribution in [0.5, 0.6) is 11.5 Å². The first-order valence-electron chi connectivity index (χ1n) is 8.47. The quantitative estimate of drug-likeness (QED) is 0.641. The Morgan fingerprint density at radius 1 is 0.889 bits per heavy atom. The van der Waals surface area contributed by atoms with Gasteiger partial charge < -0.3 is 14.8 Å². The summed E-state index contributed by atoms with van der Waals surface area (Å²) in [7, 11) is 0. The first-order chi connectivity index (χ1) is 13.1. The van der Waals surface area contributed by atoms with Crippen molar-refractivity contribution in [1.82, 2.24) is 0 Å². The molecule has 0 heterocycles. The highest BCUT2D eigenvalue weighted by atomic mass is 16.5. The summed E-state index contributed by atoms with van der Waals surface area (Å²) in [6.07, 6.45) is 0. The van der Waals surface area contributed by atoms with Crippen LogP contribution in [0.4, 0.5) is 5.69 Å². The second kappa shape index (κ2) is 8.67. The van der Waals surface area contributed by atoms with Gasteiger partial charge in [-0.2, -0.15) is 0 Å². The predicted octanol–water partition coefficient (Wildman–Crippen LogP) is 4.79. The summed E-state index contributed by atoms with van der Waals surface area (Å²) in [5, 5.41) is 2.64. The number of carbonyl (C=O) groups is 2. The van der Waals surface area contributed by atoms with E-state index in [1.807, 2.05) is 54.6 Å². The molecule has 0 spiro atoms. The van der Waals surface area contributed by atoms with Gasteiger partial charge in [0.1, 0.15) is 18.1 Å². The number of benzene rings is 3. The van der Waals surface area contributed by atoms with Gasteiger partial charge in [-0.1, -0.05) is 42.5 Å². The van der Waals surface area contributed by atoms with Gasteiger partial charge >= 0.3 is 5.97 Å². The standard InChI is InChI=1S/C22H19NO4/c1-16(24)23-19-10-7-9-17(14-19)22(25)26-15-18-8-5-6-13-21(18)27-20-11-3-2-4-12-20/h2-14H,15H2,1H3,(H,23,24). The number of hydrogen-bond acceptors (Lipinski definition) is 4. The lowest BCUT2D eigenvalue weighted by molar-refractivity contribution is -0.114. The highest BCUT2D eigenvalue weighted by molar-refractivity contribution is 5.93. The second-order valence-electron chi connectivity index (χ2n) is 5.86. The zero-order valence-corrected chi connectivity index (χ0v) is 14.8. The largest absolute Gasteiger partial charge is 0.457 e. The maximum atomic E-state index is 12.3. The molecule has 3 aromatic rings. The first-order valence-corrected chi connectivity index (χ1v) is 8.47. The fourth-order valence-corrected chi connectivity index (χ4v) is 2.49. The number of anilines is 1. The molecule has 0 aliphatic heterocycles. The number of rotatable bonds is 6. The molecule has 0 aliphatic carbocycles. The minimum Gasteiger partial charge on any atom is -0.457 e. The van der Waals surface area contributed by atoms with Crippen LogP contribution in [0.2, 0.25) is 0 Å². The fraction of sp³-hybridized carbons (Fsp3) is 0.0909. The SMILES string of the molecule is CC(=O)Nc1cccc(C(=O)OCc2ccccc2Oc2ccccc2)c1. The van der Waals surface area contributed by atoms with Crippen molar-refractivity contribution in [1.29, 1.82) is 0 Å². The van der Waals surface area contributed by atoms with Crippen LogP contribution in [0.1, 0.15) is 22.8 Å². The number of nitrogens with one attached hydrogen (secondary N) is 1. The minimum absolute atomic E-state index is 0.0756. The van der Waals surface area contributed by atoms with E-state index in [1.54, 1.807) is 24.3 Å². The Balaban J connectivity index is 1.68. The lowest BCUT2D eigenvalue weighted by atomic mass is 10.2. The molecule has 3 rings (SSSR count). The third-order valence-corrected chi connectivity index (χ3v) is 3.72. The lowest BCUT2D eigenvalue weighted by Crippen LogP contribution is -2.09. The van der Waals surface area contributed by atoms with E-state index in [2.05, 4.69) is 5.32 Å². The third kappa shape index (κ3) is 5.19. The highest BCUT2D eigenvalue weighted by Crippen LogP contribution is 2.26. The van der Waals surface area contributed by atoms with Gasteiger partial charge in [0.05, 0.1) is 5.56 Å². The third-order valence-electron chi connectivity index (χ3n) is 3.72. The maximum absolute atomic E-state index is 12.3. The molecule has 0 unspecified atom stereocenters. The van der Waals surface area contributed by atoms with Crippen molar-refractivity contribution in [3.05, 3.63) is 90.0 Å². The molecule has 1 amide bonds. The molecular formula is C22H19NO4. The molecule has 5 heteroatoms. The summed E-state index contributed by atoms with van der Waals surface area (Å²) in [4.78, 5) is 23.5. The number of amides is 1. The van der Waals surface area contributed by atoms with Crippen LogP contribution in [-0.4, -0.2) is 11.9 Å². The normalized spacial score (nSPS) is 10.1. The van der Waals surface area contributed by atoms with Crippen molar-refractivity contribution in [3.63, 3.8) is 0 Å². The summed E-state index contributed by atoms with van der Waals surface area (Å²) in [5.41, 5.74) is 1.67. The van der Waals surface area contributed by atoms with E-state index in [-0.39, 0.29) is 12.5 Å². The second-order valence-corrected chi connectivity index (χ2v) is 5.86. The van der Waals surface area contributed by atoms with E-state index in [1.165, 1.54) is 6.92 Å². The van der Waals surface area contributed by atoms with Crippen molar-refractivity contribution in [3.8, 4) is 11.5 Å². The van der Waals surface area contributed by atoms with Gasteiger partial charge in [0, 0.05) is 18.2 Å². The number of hydrogen-bond donors (Lipinski definition) is 1. The van der Waals surface area contributed by atoms with Gasteiger partial charge in [-0.3, -0.25) is 4.79 Å². The molecule has 0 atom stereocenters. The van der Waals surface area contributed by atoms with E-state index in [0.717, 1.165) is 5.56 Å². The van der Waals surface area contributed by atoms with Crippen molar-refractivity contribution in [2.24, 2.45) is 0 Å². The van der Waals surface area contributed by atoms with Crippen LogP contribution in [0, 0.1) is 0 Å². The van der Waals surface area contributed by atoms with Crippen LogP contribution in [0.25, 0.3) is 0 Å². The predicted molar refractivity (Wildman–Crippen MR) is 103 cm³/mol. The molecule has 5 nitrogen and oxygen atoms in total. The Morgan fingerprint density at radius 3 is 2.41 bits per heavy atom. The Kier molecular flexibility index (Phi) is 5.84. The van der Waals surface area contributed by atoms with Crippen molar-refractivity contribution in [2.45, 2.75) is 13.5 Å². The van der Waals surface area contributed by atoms with Crippen LogP contribution in [-0.2, 0) is 16.1 Å². The zero-order valence-electron chi connectivity index (χ0n) is 14.8. The van der Waals surface area contributed by atoms with Gasteiger partial charge in [0.2, 0.25) is 5.91 Å². The van der Waals surface area contributed by atoms with Crippen LogP contribution < -0.4 is 10.1 Å². The molecule has 0 saturated heterocycles. The van der Waals surface area contributed by atoms with Crippen molar-refractivity contribution in [2.75, 3.05) is 5.32 Å². The molecule has 0 saturated carbocycles. The number of para-hydroxylation sites is 2. The number of carbonyl (C=O) groups excluding carboxylic acids is 2. The molecule has 0 fully saturated rings. The summed E-state index contributed by atoms with van der Waals surface area (Å²) in [5.74, 6) is 0.659. The molecule has 1 N–H and O–H groups in total. The molecule has 27 heavy (non-hydrogen) atoms. The van der Waals surface area contributed by atoms with E-state index >= 15 is 0 Å². The first kappa shape index (κ1) is 18.2. The van der Waals surface area contributed by atoms with Crippen molar-refractivity contribution < 1.29 is 19.1 Å². The van der Waals surface area contributed by atoms with Crippen LogP contribution in [0.3, 0.4) is 0 Å². The van der Waals surface area contributed by atoms with Crippen LogP contribution >= 0.6 is 0 Å². The summed E-state index contributed by atoms with van der Waals surface area (Å²) in [6, 6.07) is 23.4. The Morgan fingerprint density at radius 2 is 1.63 bits per heavy atom. The van der Waals surface area contributed by atoms with E-state index in [9.17, 15) is 9.59 Å². The zero-order chi connectivity index (χ0) is 19.1. The monoisotopic (exact) mass is 361 g/mol. The van der Waals surface area contributed by atoms with Gasteiger partial charge in [-0.05, 0) is 36.4 Å². The molecule has 0 aromatic heterocycles. The molecule has 0 radical (unpaired) electrons. The lowest BCUT2D eigenvalue weighted by Gasteiger charge is -2.12. The molecule has 0 aliphatic rings. The van der Waals surface area contributed by atoms with E-state index in [0.29, 0.717) is 22.7 Å². The van der Waals surface area contributed by atoms with Gasteiger partial charge in [-0.15, -0.1) is 0 Å². The number of ether oxygens (including phenoxy) is 2. The molecule has 136 valence electrons. The Bertz CT molecular complexity index is 938. The molecule has 3 aromatic carbocycles. The average Bonchev–Trinajstić information content (AvgIpc) is 2.67. The molecule has 0 bridgehead atoms. The maximum Gasteiger partial charge on any atom is 0.338 e. The average molecular weight is 361 g/mol. The molecular weight excluding hydrogens is 342 g/mol. The van der Waals surface area contributed by atoms with Gasteiger partial charge in [0.15, 0.2) is 0 Å². The minimum atomic E-state index is -0.475.